The average Bonchev–Trinajstić information content (AvgIpc) is 2.24. The molecule has 1 atom stereocenters. The molecule has 0 bridgehead atoms. The molecule has 0 N–H and O–H groups in total. The Morgan fingerprint density at radius 1 is 1.31 bits per heavy atom. The minimum atomic E-state index is 0.607. The Labute approximate surface area is 99.2 Å². The maximum Gasteiger partial charge on any atom is 0.119 e. The van der Waals surface area contributed by atoms with Crippen molar-refractivity contribution >= 4 is 0 Å². The highest BCUT2D eigenvalue weighted by Gasteiger charge is 2.08. The van der Waals surface area contributed by atoms with Crippen molar-refractivity contribution in [1.29, 1.82) is 0 Å². The number of hydrogen-bond acceptors (Lipinski definition) is 2. The number of nitrogens with zero attached hydrogens (tertiary/aromatic N) is 1. The lowest BCUT2D eigenvalue weighted by atomic mass is 10.1. The van der Waals surface area contributed by atoms with Crippen molar-refractivity contribution in [3.63, 3.8) is 0 Å². The van der Waals surface area contributed by atoms with Crippen molar-refractivity contribution in [3.8, 4) is 5.75 Å². The zero-order valence-electron chi connectivity index (χ0n) is 10.9. The standard InChI is InChI=1S/C14H23NO/c1-5-13(10-15(3)4)11-16-14-8-6-7-12(2)9-14/h6-9,13H,5,10-11H2,1-4H3. The predicted octanol–water partition coefficient (Wildman–Crippen LogP) is 2.96. The van der Waals surface area contributed by atoms with Gasteiger partial charge in [0.15, 0.2) is 0 Å². The van der Waals surface area contributed by atoms with Gasteiger partial charge in [0.1, 0.15) is 5.75 Å². The van der Waals surface area contributed by atoms with Crippen LogP contribution in [0.3, 0.4) is 0 Å². The third-order valence-electron chi connectivity index (χ3n) is 2.68. The van der Waals surface area contributed by atoms with Gasteiger partial charge in [-0.3, -0.25) is 0 Å². The predicted molar refractivity (Wildman–Crippen MR) is 69.0 cm³/mol. The maximum absolute atomic E-state index is 5.81. The molecule has 2 heteroatoms. The van der Waals surface area contributed by atoms with Crippen LogP contribution in [0.5, 0.6) is 5.75 Å². The van der Waals surface area contributed by atoms with Crippen LogP contribution in [0.2, 0.25) is 0 Å². The summed E-state index contributed by atoms with van der Waals surface area (Å²) < 4.78 is 5.81. The SMILES string of the molecule is CCC(COc1cccc(C)c1)CN(C)C. The first-order chi connectivity index (χ1) is 7.61. The van der Waals surface area contributed by atoms with E-state index in [2.05, 4.69) is 45.0 Å². The Kier molecular flexibility index (Phi) is 5.33. The van der Waals surface area contributed by atoms with Gasteiger partial charge in [0.25, 0.3) is 0 Å². The van der Waals surface area contributed by atoms with Crippen LogP contribution in [0, 0.1) is 12.8 Å². The van der Waals surface area contributed by atoms with E-state index < -0.39 is 0 Å². The highest BCUT2D eigenvalue weighted by atomic mass is 16.5. The van der Waals surface area contributed by atoms with E-state index in [1.54, 1.807) is 0 Å². The molecule has 1 aromatic rings. The molecule has 0 amide bonds. The third-order valence-corrected chi connectivity index (χ3v) is 2.68. The van der Waals surface area contributed by atoms with Gasteiger partial charge in [-0.25, -0.2) is 0 Å². The Balaban J connectivity index is 2.43. The molecule has 0 fully saturated rings. The highest BCUT2D eigenvalue weighted by molar-refractivity contribution is 5.27. The normalized spacial score (nSPS) is 12.8. The van der Waals surface area contributed by atoms with Gasteiger partial charge in [0, 0.05) is 12.5 Å². The summed E-state index contributed by atoms with van der Waals surface area (Å²) in [5, 5.41) is 0. The van der Waals surface area contributed by atoms with Gasteiger partial charge in [-0.2, -0.15) is 0 Å². The summed E-state index contributed by atoms with van der Waals surface area (Å²) in [7, 11) is 4.21. The Morgan fingerprint density at radius 3 is 2.62 bits per heavy atom. The number of rotatable bonds is 6. The van der Waals surface area contributed by atoms with Crippen molar-refractivity contribution in [2.24, 2.45) is 5.92 Å². The summed E-state index contributed by atoms with van der Waals surface area (Å²) in [5.41, 5.74) is 1.25. The van der Waals surface area contributed by atoms with Gasteiger partial charge in [0.2, 0.25) is 0 Å². The van der Waals surface area contributed by atoms with E-state index >= 15 is 0 Å². The van der Waals surface area contributed by atoms with Crippen LogP contribution in [0.25, 0.3) is 0 Å². The van der Waals surface area contributed by atoms with Crippen molar-refractivity contribution in [2.45, 2.75) is 20.3 Å². The summed E-state index contributed by atoms with van der Waals surface area (Å²) in [6.45, 7) is 6.19. The first-order valence-electron chi connectivity index (χ1n) is 5.96. The van der Waals surface area contributed by atoms with Crippen molar-refractivity contribution in [1.82, 2.24) is 4.90 Å². The molecule has 0 saturated heterocycles. The first kappa shape index (κ1) is 13.0. The van der Waals surface area contributed by atoms with Gasteiger partial charge in [-0.15, -0.1) is 0 Å². The number of ether oxygens (including phenoxy) is 1. The molecule has 16 heavy (non-hydrogen) atoms. The van der Waals surface area contributed by atoms with E-state index in [-0.39, 0.29) is 0 Å². The van der Waals surface area contributed by atoms with E-state index in [1.807, 2.05) is 12.1 Å². The fraction of sp³-hybridized carbons (Fsp3) is 0.571. The molecule has 0 radical (unpaired) electrons. The Hall–Kier alpha value is -1.02. The molecule has 0 spiro atoms. The largest absolute Gasteiger partial charge is 0.493 e. The quantitative estimate of drug-likeness (QED) is 0.732. The molecular formula is C14H23NO. The van der Waals surface area contributed by atoms with E-state index in [9.17, 15) is 0 Å². The van der Waals surface area contributed by atoms with Crippen LogP contribution in [0.4, 0.5) is 0 Å². The number of benzene rings is 1. The molecular weight excluding hydrogens is 198 g/mol. The van der Waals surface area contributed by atoms with Gasteiger partial charge in [-0.1, -0.05) is 19.1 Å². The first-order valence-corrected chi connectivity index (χ1v) is 5.96. The molecule has 1 aromatic carbocycles. The van der Waals surface area contributed by atoms with E-state index in [4.69, 9.17) is 4.74 Å². The van der Waals surface area contributed by atoms with Gasteiger partial charge in [0.05, 0.1) is 6.61 Å². The van der Waals surface area contributed by atoms with E-state index in [1.165, 1.54) is 5.56 Å². The van der Waals surface area contributed by atoms with Crippen molar-refractivity contribution < 1.29 is 4.74 Å². The minimum Gasteiger partial charge on any atom is -0.493 e. The second-order valence-electron chi connectivity index (χ2n) is 4.66. The smallest absolute Gasteiger partial charge is 0.119 e. The molecule has 2 nitrogen and oxygen atoms in total. The maximum atomic E-state index is 5.81. The second kappa shape index (κ2) is 6.54. The zero-order valence-corrected chi connectivity index (χ0v) is 10.9. The van der Waals surface area contributed by atoms with Crippen LogP contribution in [-0.2, 0) is 0 Å². The lowest BCUT2D eigenvalue weighted by molar-refractivity contribution is 0.206. The molecule has 1 rings (SSSR count). The fourth-order valence-electron chi connectivity index (χ4n) is 1.74. The molecule has 1 unspecified atom stereocenters. The molecule has 90 valence electrons. The summed E-state index contributed by atoms with van der Waals surface area (Å²) >= 11 is 0. The molecule has 0 aliphatic carbocycles. The van der Waals surface area contributed by atoms with E-state index in [0.29, 0.717) is 5.92 Å². The molecule has 0 heterocycles. The van der Waals surface area contributed by atoms with Crippen LogP contribution in [0.1, 0.15) is 18.9 Å². The minimum absolute atomic E-state index is 0.607. The lowest BCUT2D eigenvalue weighted by Crippen LogP contribution is -2.25. The summed E-state index contributed by atoms with van der Waals surface area (Å²) in [6.07, 6.45) is 1.16. The van der Waals surface area contributed by atoms with Gasteiger partial charge >= 0.3 is 0 Å². The number of hydrogen-bond donors (Lipinski definition) is 0. The van der Waals surface area contributed by atoms with Gasteiger partial charge < -0.3 is 9.64 Å². The van der Waals surface area contributed by atoms with Crippen molar-refractivity contribution in [3.05, 3.63) is 29.8 Å². The summed E-state index contributed by atoms with van der Waals surface area (Å²) in [6, 6.07) is 8.24. The topological polar surface area (TPSA) is 12.5 Å². The molecule has 0 aliphatic rings. The second-order valence-corrected chi connectivity index (χ2v) is 4.66. The summed E-state index contributed by atoms with van der Waals surface area (Å²) in [5.74, 6) is 1.59. The third kappa shape index (κ3) is 4.67. The molecule has 0 saturated carbocycles. The Morgan fingerprint density at radius 2 is 2.06 bits per heavy atom. The highest BCUT2D eigenvalue weighted by Crippen LogP contribution is 2.14. The van der Waals surface area contributed by atoms with Gasteiger partial charge in [-0.05, 0) is 45.1 Å². The fourth-order valence-corrected chi connectivity index (χ4v) is 1.74. The summed E-state index contributed by atoms with van der Waals surface area (Å²) in [4.78, 5) is 2.22. The zero-order chi connectivity index (χ0) is 12.0. The van der Waals surface area contributed by atoms with Crippen LogP contribution in [-0.4, -0.2) is 32.1 Å². The van der Waals surface area contributed by atoms with Crippen LogP contribution >= 0.6 is 0 Å². The van der Waals surface area contributed by atoms with Crippen molar-refractivity contribution in [2.75, 3.05) is 27.2 Å². The van der Waals surface area contributed by atoms with Crippen LogP contribution in [0.15, 0.2) is 24.3 Å². The Bertz CT molecular complexity index is 309. The number of aryl methyl sites for hydroxylation is 1. The molecule has 0 aromatic heterocycles. The monoisotopic (exact) mass is 221 g/mol. The lowest BCUT2D eigenvalue weighted by Gasteiger charge is -2.20. The van der Waals surface area contributed by atoms with E-state index in [0.717, 1.165) is 25.3 Å². The molecule has 0 aliphatic heterocycles. The van der Waals surface area contributed by atoms with Crippen LogP contribution < -0.4 is 4.74 Å². The average molecular weight is 221 g/mol.